The standard InChI is InChI=1S/C18H37N3/c1-6-16-14-21(12-11-20(16)5)13-15-9-8-10-18(3,4)17(15)19-7-2/h15-17,19H,6-14H2,1-5H3. The van der Waals surface area contributed by atoms with Crippen molar-refractivity contribution in [3.63, 3.8) is 0 Å². The topological polar surface area (TPSA) is 18.5 Å². The van der Waals surface area contributed by atoms with Crippen LogP contribution in [-0.2, 0) is 0 Å². The lowest BCUT2D eigenvalue weighted by molar-refractivity contribution is 0.0423. The second-order valence-electron chi connectivity index (χ2n) is 7.98. The molecule has 2 fully saturated rings. The molecule has 1 aliphatic heterocycles. The van der Waals surface area contributed by atoms with Gasteiger partial charge in [-0.05, 0) is 44.2 Å². The number of piperazine rings is 1. The Hall–Kier alpha value is -0.120. The van der Waals surface area contributed by atoms with Gasteiger partial charge in [0.1, 0.15) is 0 Å². The second-order valence-corrected chi connectivity index (χ2v) is 7.98. The van der Waals surface area contributed by atoms with Crippen molar-refractivity contribution in [2.45, 2.75) is 65.5 Å². The molecule has 3 nitrogen and oxygen atoms in total. The molecule has 1 saturated heterocycles. The van der Waals surface area contributed by atoms with Crippen LogP contribution in [0.4, 0.5) is 0 Å². The Kier molecular flexibility index (Phi) is 6.10. The van der Waals surface area contributed by atoms with Gasteiger partial charge in [-0.3, -0.25) is 0 Å². The van der Waals surface area contributed by atoms with Crippen LogP contribution < -0.4 is 5.32 Å². The molecular formula is C18H37N3. The Morgan fingerprint density at radius 3 is 2.62 bits per heavy atom. The summed E-state index contributed by atoms with van der Waals surface area (Å²) in [5, 5.41) is 3.81. The maximum atomic E-state index is 3.81. The molecule has 1 N–H and O–H groups in total. The highest BCUT2D eigenvalue weighted by Crippen LogP contribution is 2.39. The molecule has 1 saturated carbocycles. The smallest absolute Gasteiger partial charge is 0.0218 e. The first-order chi connectivity index (χ1) is 9.97. The van der Waals surface area contributed by atoms with Gasteiger partial charge in [-0.2, -0.15) is 0 Å². The van der Waals surface area contributed by atoms with Crippen LogP contribution in [0, 0.1) is 11.3 Å². The zero-order valence-electron chi connectivity index (χ0n) is 15.0. The van der Waals surface area contributed by atoms with Gasteiger partial charge in [0.15, 0.2) is 0 Å². The van der Waals surface area contributed by atoms with Crippen molar-refractivity contribution < 1.29 is 0 Å². The van der Waals surface area contributed by atoms with E-state index in [-0.39, 0.29) is 0 Å². The van der Waals surface area contributed by atoms with Crippen LogP contribution in [0.3, 0.4) is 0 Å². The van der Waals surface area contributed by atoms with Crippen molar-refractivity contribution >= 4 is 0 Å². The van der Waals surface area contributed by atoms with E-state index >= 15 is 0 Å². The molecule has 3 atom stereocenters. The normalized spacial score (nSPS) is 35.0. The van der Waals surface area contributed by atoms with Crippen molar-refractivity contribution in [3.8, 4) is 0 Å². The van der Waals surface area contributed by atoms with E-state index in [2.05, 4.69) is 49.9 Å². The molecule has 3 heteroatoms. The zero-order valence-corrected chi connectivity index (χ0v) is 15.0. The fraction of sp³-hybridized carbons (Fsp3) is 1.00. The molecular weight excluding hydrogens is 258 g/mol. The summed E-state index contributed by atoms with van der Waals surface area (Å²) >= 11 is 0. The van der Waals surface area contributed by atoms with E-state index < -0.39 is 0 Å². The summed E-state index contributed by atoms with van der Waals surface area (Å²) in [7, 11) is 2.29. The van der Waals surface area contributed by atoms with E-state index in [1.165, 1.54) is 51.9 Å². The van der Waals surface area contributed by atoms with E-state index in [4.69, 9.17) is 0 Å². The minimum absolute atomic E-state index is 0.454. The molecule has 21 heavy (non-hydrogen) atoms. The SMILES string of the molecule is CCNC1C(CN2CCN(C)C(CC)C2)CCCC1(C)C. The Morgan fingerprint density at radius 2 is 1.95 bits per heavy atom. The number of likely N-dealkylation sites (N-methyl/N-ethyl adjacent to an activating group) is 1. The highest BCUT2D eigenvalue weighted by Gasteiger charge is 2.39. The lowest BCUT2D eigenvalue weighted by Gasteiger charge is -2.47. The molecule has 0 radical (unpaired) electrons. The number of hydrogen-bond acceptors (Lipinski definition) is 3. The lowest BCUT2D eigenvalue weighted by atomic mass is 9.67. The molecule has 2 rings (SSSR count). The highest BCUT2D eigenvalue weighted by molar-refractivity contribution is 4.95. The number of hydrogen-bond donors (Lipinski definition) is 1. The first-order valence-electron chi connectivity index (χ1n) is 9.14. The molecule has 2 aliphatic rings. The van der Waals surface area contributed by atoms with Crippen molar-refractivity contribution in [1.82, 2.24) is 15.1 Å². The maximum absolute atomic E-state index is 3.81. The van der Waals surface area contributed by atoms with Crippen molar-refractivity contribution in [1.29, 1.82) is 0 Å². The van der Waals surface area contributed by atoms with Gasteiger partial charge in [-0.1, -0.05) is 34.1 Å². The van der Waals surface area contributed by atoms with E-state index in [0.29, 0.717) is 11.5 Å². The fourth-order valence-corrected chi connectivity index (χ4v) is 4.59. The maximum Gasteiger partial charge on any atom is 0.0218 e. The van der Waals surface area contributed by atoms with Gasteiger partial charge in [-0.15, -0.1) is 0 Å². The lowest BCUT2D eigenvalue weighted by Crippen LogP contribution is -2.56. The minimum Gasteiger partial charge on any atom is -0.313 e. The van der Waals surface area contributed by atoms with Crippen LogP contribution in [0.15, 0.2) is 0 Å². The molecule has 0 amide bonds. The monoisotopic (exact) mass is 295 g/mol. The molecule has 1 heterocycles. The molecule has 3 unspecified atom stereocenters. The van der Waals surface area contributed by atoms with Gasteiger partial charge < -0.3 is 15.1 Å². The average molecular weight is 296 g/mol. The third-order valence-electron chi connectivity index (χ3n) is 5.96. The zero-order chi connectivity index (χ0) is 15.5. The van der Waals surface area contributed by atoms with Crippen molar-refractivity contribution in [3.05, 3.63) is 0 Å². The molecule has 0 aromatic heterocycles. The third-order valence-corrected chi connectivity index (χ3v) is 5.96. The highest BCUT2D eigenvalue weighted by atomic mass is 15.3. The Bertz CT molecular complexity index is 316. The van der Waals surface area contributed by atoms with Crippen molar-refractivity contribution in [2.24, 2.45) is 11.3 Å². The quantitative estimate of drug-likeness (QED) is 0.841. The van der Waals surface area contributed by atoms with Crippen LogP contribution in [0.1, 0.15) is 53.4 Å². The van der Waals surface area contributed by atoms with E-state index in [0.717, 1.165) is 18.5 Å². The van der Waals surface area contributed by atoms with E-state index in [9.17, 15) is 0 Å². The molecule has 0 spiro atoms. The summed E-state index contributed by atoms with van der Waals surface area (Å²) in [6.07, 6.45) is 5.47. The van der Waals surface area contributed by atoms with Gasteiger partial charge in [0.05, 0.1) is 0 Å². The first-order valence-corrected chi connectivity index (χ1v) is 9.14. The van der Waals surface area contributed by atoms with E-state index in [1.54, 1.807) is 0 Å². The van der Waals surface area contributed by atoms with Gasteiger partial charge in [0.2, 0.25) is 0 Å². The second kappa shape index (κ2) is 7.43. The van der Waals surface area contributed by atoms with Crippen LogP contribution in [0.25, 0.3) is 0 Å². The third kappa shape index (κ3) is 4.20. The predicted molar refractivity (Wildman–Crippen MR) is 91.7 cm³/mol. The van der Waals surface area contributed by atoms with Crippen molar-refractivity contribution in [2.75, 3.05) is 39.8 Å². The summed E-state index contributed by atoms with van der Waals surface area (Å²) in [6.45, 7) is 15.7. The van der Waals surface area contributed by atoms with Gasteiger partial charge in [0, 0.05) is 38.3 Å². The molecule has 1 aliphatic carbocycles. The predicted octanol–water partition coefficient (Wildman–Crippen LogP) is 2.82. The van der Waals surface area contributed by atoms with Gasteiger partial charge in [-0.25, -0.2) is 0 Å². The van der Waals surface area contributed by atoms with Crippen LogP contribution in [-0.4, -0.2) is 61.7 Å². The molecule has 0 aromatic rings. The summed E-state index contributed by atoms with van der Waals surface area (Å²) in [4.78, 5) is 5.29. The number of nitrogens with one attached hydrogen (secondary N) is 1. The van der Waals surface area contributed by atoms with E-state index in [1.807, 2.05) is 0 Å². The largest absolute Gasteiger partial charge is 0.313 e. The Morgan fingerprint density at radius 1 is 1.19 bits per heavy atom. The molecule has 0 aromatic carbocycles. The molecule has 124 valence electrons. The minimum atomic E-state index is 0.454. The van der Waals surface area contributed by atoms with Crippen LogP contribution >= 0.6 is 0 Å². The Labute approximate surface area is 132 Å². The first kappa shape index (κ1) is 17.2. The van der Waals surface area contributed by atoms with Crippen LogP contribution in [0.5, 0.6) is 0 Å². The fourth-order valence-electron chi connectivity index (χ4n) is 4.59. The van der Waals surface area contributed by atoms with Gasteiger partial charge >= 0.3 is 0 Å². The summed E-state index contributed by atoms with van der Waals surface area (Å²) < 4.78 is 0. The summed E-state index contributed by atoms with van der Waals surface area (Å²) in [5.74, 6) is 0.828. The summed E-state index contributed by atoms with van der Waals surface area (Å²) in [5.41, 5.74) is 0.454. The molecule has 0 bridgehead atoms. The number of rotatable bonds is 5. The average Bonchev–Trinajstić information content (AvgIpc) is 2.44. The van der Waals surface area contributed by atoms with Gasteiger partial charge in [0.25, 0.3) is 0 Å². The number of nitrogens with zero attached hydrogens (tertiary/aromatic N) is 2. The Balaban J connectivity index is 1.96. The van der Waals surface area contributed by atoms with Crippen LogP contribution in [0.2, 0.25) is 0 Å². The summed E-state index contributed by atoms with van der Waals surface area (Å²) in [6, 6.07) is 1.45.